The summed E-state index contributed by atoms with van der Waals surface area (Å²) in [6.07, 6.45) is 1.37. The van der Waals surface area contributed by atoms with E-state index in [1.807, 2.05) is 30.3 Å². The number of hydrogen-bond donors (Lipinski definition) is 1. The molecule has 0 saturated carbocycles. The van der Waals surface area contributed by atoms with E-state index in [2.05, 4.69) is 20.5 Å². The Balaban J connectivity index is 1.45. The van der Waals surface area contributed by atoms with Crippen molar-refractivity contribution in [3.63, 3.8) is 0 Å². The molecule has 0 aliphatic heterocycles. The van der Waals surface area contributed by atoms with E-state index in [1.54, 1.807) is 11.8 Å². The first-order valence-corrected chi connectivity index (χ1v) is 10.6. The Hall–Kier alpha value is -3.25. The second kappa shape index (κ2) is 8.24. The molecule has 1 N–H and O–H groups in total. The van der Waals surface area contributed by atoms with E-state index in [-0.39, 0.29) is 23.6 Å². The molecule has 12 heteroatoms. The fourth-order valence-electron chi connectivity index (χ4n) is 2.85. The summed E-state index contributed by atoms with van der Waals surface area (Å²) in [5.41, 5.74) is -0.564. The third-order valence-electron chi connectivity index (χ3n) is 4.35. The smallest absolute Gasteiger partial charge is 0.315 e. The molecule has 0 atom stereocenters. The van der Waals surface area contributed by atoms with Gasteiger partial charge in [0.1, 0.15) is 11.6 Å². The van der Waals surface area contributed by atoms with E-state index in [0.717, 1.165) is 14.5 Å². The maximum Gasteiger partial charge on any atom is 0.332 e. The summed E-state index contributed by atoms with van der Waals surface area (Å²) in [7, 11) is 2.91. The molecule has 4 rings (SSSR count). The number of benzene rings is 1. The highest BCUT2D eigenvalue weighted by atomic mass is 32.2. The van der Waals surface area contributed by atoms with Crippen LogP contribution in [0.4, 0.5) is 5.13 Å². The minimum atomic E-state index is -0.505. The second-order valence-corrected chi connectivity index (χ2v) is 8.51. The first-order chi connectivity index (χ1) is 14.4. The Labute approximate surface area is 178 Å². The van der Waals surface area contributed by atoms with Crippen LogP contribution in [0.3, 0.4) is 0 Å². The molecular formula is C18H17N7O3S2. The number of imidazole rings is 1. The SMILES string of the molecule is Cn1c(=O)c2c(ncn2CC(=O)Nc2nnc(CSc3ccccc3)s2)n(C)c1=O. The van der Waals surface area contributed by atoms with Gasteiger partial charge in [0.25, 0.3) is 5.56 Å². The molecule has 4 aromatic rings. The van der Waals surface area contributed by atoms with Crippen molar-refractivity contribution in [1.82, 2.24) is 28.9 Å². The zero-order chi connectivity index (χ0) is 21.3. The first kappa shape index (κ1) is 20.0. The molecule has 1 aromatic carbocycles. The van der Waals surface area contributed by atoms with Crippen LogP contribution in [0.1, 0.15) is 5.01 Å². The summed E-state index contributed by atoms with van der Waals surface area (Å²) in [6, 6.07) is 9.94. The topological polar surface area (TPSA) is 117 Å². The number of nitrogens with one attached hydrogen (secondary N) is 1. The fraction of sp³-hybridized carbons (Fsp3) is 0.222. The molecule has 0 unspecified atom stereocenters. The minimum Gasteiger partial charge on any atom is -0.315 e. The lowest BCUT2D eigenvalue weighted by molar-refractivity contribution is -0.116. The van der Waals surface area contributed by atoms with Crippen LogP contribution in [0.2, 0.25) is 0 Å². The Bertz CT molecular complexity index is 1340. The lowest BCUT2D eigenvalue weighted by atomic mass is 10.4. The molecule has 0 aliphatic rings. The molecule has 0 bridgehead atoms. The van der Waals surface area contributed by atoms with Gasteiger partial charge in [0, 0.05) is 19.0 Å². The van der Waals surface area contributed by atoms with Gasteiger partial charge in [0.2, 0.25) is 11.0 Å². The number of thioether (sulfide) groups is 1. The second-order valence-electron chi connectivity index (χ2n) is 6.40. The van der Waals surface area contributed by atoms with Crippen LogP contribution in [0, 0.1) is 0 Å². The van der Waals surface area contributed by atoms with E-state index in [0.29, 0.717) is 10.9 Å². The highest BCUT2D eigenvalue weighted by molar-refractivity contribution is 7.98. The van der Waals surface area contributed by atoms with Gasteiger partial charge >= 0.3 is 5.69 Å². The van der Waals surface area contributed by atoms with E-state index in [9.17, 15) is 14.4 Å². The molecule has 0 fully saturated rings. The molecule has 1 amide bonds. The van der Waals surface area contributed by atoms with E-state index in [1.165, 1.54) is 40.9 Å². The summed E-state index contributed by atoms with van der Waals surface area (Å²) < 4.78 is 3.67. The van der Waals surface area contributed by atoms with Crippen LogP contribution in [-0.4, -0.2) is 34.8 Å². The molecule has 0 aliphatic carbocycles. The number of aromatic nitrogens is 6. The van der Waals surface area contributed by atoms with Gasteiger partial charge in [-0.15, -0.1) is 22.0 Å². The number of amides is 1. The average molecular weight is 444 g/mol. The Morgan fingerprint density at radius 2 is 1.90 bits per heavy atom. The predicted molar refractivity (Wildman–Crippen MR) is 115 cm³/mol. The van der Waals surface area contributed by atoms with Crippen LogP contribution in [0.15, 0.2) is 51.1 Å². The summed E-state index contributed by atoms with van der Waals surface area (Å²) >= 11 is 2.93. The Morgan fingerprint density at radius 3 is 2.67 bits per heavy atom. The fourth-order valence-corrected chi connectivity index (χ4v) is 4.52. The standard InChI is InChI=1S/C18H17N7O3S2/c1-23-15-14(16(27)24(2)18(23)28)25(10-19-15)8-12(26)20-17-22-21-13(30-17)9-29-11-6-4-3-5-7-11/h3-7,10H,8-9H2,1-2H3,(H,20,22,26). The van der Waals surface area contributed by atoms with Gasteiger partial charge in [-0.05, 0) is 12.1 Å². The molecule has 3 aromatic heterocycles. The number of anilines is 1. The lowest BCUT2D eigenvalue weighted by Crippen LogP contribution is -2.37. The van der Waals surface area contributed by atoms with Crippen molar-refractivity contribution in [1.29, 1.82) is 0 Å². The highest BCUT2D eigenvalue weighted by Crippen LogP contribution is 2.25. The molecular weight excluding hydrogens is 426 g/mol. The van der Waals surface area contributed by atoms with Crippen molar-refractivity contribution in [3.05, 3.63) is 62.5 Å². The number of aryl methyl sites for hydroxylation is 1. The van der Waals surface area contributed by atoms with Gasteiger partial charge in [0.05, 0.1) is 12.1 Å². The van der Waals surface area contributed by atoms with Gasteiger partial charge in [-0.2, -0.15) is 0 Å². The van der Waals surface area contributed by atoms with Crippen molar-refractivity contribution in [3.8, 4) is 0 Å². The van der Waals surface area contributed by atoms with Crippen LogP contribution in [0.5, 0.6) is 0 Å². The molecule has 30 heavy (non-hydrogen) atoms. The van der Waals surface area contributed by atoms with Crippen molar-refractivity contribution in [2.75, 3.05) is 5.32 Å². The van der Waals surface area contributed by atoms with E-state index < -0.39 is 11.2 Å². The molecule has 10 nitrogen and oxygen atoms in total. The summed E-state index contributed by atoms with van der Waals surface area (Å²) in [4.78, 5) is 42.1. The number of carbonyl (C=O) groups excluding carboxylic acids is 1. The molecule has 3 heterocycles. The largest absolute Gasteiger partial charge is 0.332 e. The average Bonchev–Trinajstić information content (AvgIpc) is 3.37. The van der Waals surface area contributed by atoms with Crippen LogP contribution >= 0.6 is 23.1 Å². The maximum absolute atomic E-state index is 12.5. The zero-order valence-corrected chi connectivity index (χ0v) is 17.7. The minimum absolute atomic E-state index is 0.141. The number of hydrogen-bond acceptors (Lipinski definition) is 8. The molecule has 0 saturated heterocycles. The lowest BCUT2D eigenvalue weighted by Gasteiger charge is -2.06. The number of fused-ring (bicyclic) bond motifs is 1. The van der Waals surface area contributed by atoms with Crippen LogP contribution in [-0.2, 0) is 31.2 Å². The van der Waals surface area contributed by atoms with Gasteiger partial charge in [-0.1, -0.05) is 29.5 Å². The van der Waals surface area contributed by atoms with Gasteiger partial charge in [0.15, 0.2) is 11.2 Å². The number of nitrogens with zero attached hydrogens (tertiary/aromatic N) is 6. The predicted octanol–water partition coefficient (Wildman–Crippen LogP) is 1.22. The monoisotopic (exact) mass is 443 g/mol. The zero-order valence-electron chi connectivity index (χ0n) is 16.1. The Morgan fingerprint density at radius 1 is 1.13 bits per heavy atom. The van der Waals surface area contributed by atoms with E-state index in [4.69, 9.17) is 0 Å². The number of carbonyl (C=O) groups is 1. The van der Waals surface area contributed by atoms with Crippen LogP contribution < -0.4 is 16.6 Å². The number of rotatable bonds is 6. The summed E-state index contributed by atoms with van der Waals surface area (Å²) in [5.74, 6) is 0.275. The maximum atomic E-state index is 12.5. The highest BCUT2D eigenvalue weighted by Gasteiger charge is 2.16. The molecule has 0 radical (unpaired) electrons. The van der Waals surface area contributed by atoms with Crippen molar-refractivity contribution in [2.24, 2.45) is 14.1 Å². The van der Waals surface area contributed by atoms with E-state index >= 15 is 0 Å². The molecule has 154 valence electrons. The quantitative estimate of drug-likeness (QED) is 0.445. The van der Waals surface area contributed by atoms with Crippen molar-refractivity contribution >= 4 is 45.3 Å². The summed E-state index contributed by atoms with van der Waals surface area (Å²) in [5, 5.41) is 12.0. The van der Waals surface area contributed by atoms with Gasteiger partial charge in [-0.3, -0.25) is 24.0 Å². The summed E-state index contributed by atoms with van der Waals surface area (Å²) in [6.45, 7) is -0.141. The third-order valence-corrected chi connectivity index (χ3v) is 6.39. The van der Waals surface area contributed by atoms with Gasteiger partial charge in [-0.25, -0.2) is 9.78 Å². The normalized spacial score (nSPS) is 11.1. The Kier molecular flexibility index (Phi) is 5.50. The third kappa shape index (κ3) is 3.91. The van der Waals surface area contributed by atoms with Crippen molar-refractivity contribution in [2.45, 2.75) is 17.2 Å². The van der Waals surface area contributed by atoms with Gasteiger partial charge < -0.3 is 4.57 Å². The van der Waals surface area contributed by atoms with Crippen molar-refractivity contribution < 1.29 is 4.79 Å². The molecule has 0 spiro atoms. The first-order valence-electron chi connectivity index (χ1n) is 8.85. The van der Waals surface area contributed by atoms with Crippen LogP contribution in [0.25, 0.3) is 11.2 Å².